The van der Waals surface area contributed by atoms with Gasteiger partial charge in [0.15, 0.2) is 0 Å². The lowest BCUT2D eigenvalue weighted by Gasteiger charge is -2.09. The molecule has 0 radical (unpaired) electrons. The highest BCUT2D eigenvalue weighted by molar-refractivity contribution is 14.1. The van der Waals surface area contributed by atoms with Crippen molar-refractivity contribution < 1.29 is 9.13 Å². The van der Waals surface area contributed by atoms with E-state index in [9.17, 15) is 4.39 Å². The third-order valence-electron chi connectivity index (χ3n) is 2.26. The maximum absolute atomic E-state index is 13.4. The van der Waals surface area contributed by atoms with Gasteiger partial charge in [0.1, 0.15) is 28.9 Å². The third-order valence-corrected chi connectivity index (χ3v) is 3.11. The molecule has 0 heterocycles. The molecule has 0 aromatic heterocycles. The fourth-order valence-corrected chi connectivity index (χ4v) is 2.07. The first-order valence-electron chi connectivity index (χ1n) is 5.03. The van der Waals surface area contributed by atoms with Crippen LogP contribution in [0, 0.1) is 20.7 Å². The van der Waals surface area contributed by atoms with Crippen LogP contribution in [0.1, 0.15) is 5.56 Å². The predicted octanol–water partition coefficient (Wildman–Crippen LogP) is 3.68. The SMILES string of the molecule is N#Cc1c(F)cccc1Oc1ccc(N)cc1I. The van der Waals surface area contributed by atoms with E-state index in [1.165, 1.54) is 12.1 Å². The molecule has 90 valence electrons. The van der Waals surface area contributed by atoms with E-state index >= 15 is 0 Å². The summed E-state index contributed by atoms with van der Waals surface area (Å²) >= 11 is 2.06. The molecule has 2 aromatic carbocycles. The molecule has 0 saturated heterocycles. The highest BCUT2D eigenvalue weighted by Crippen LogP contribution is 2.30. The van der Waals surface area contributed by atoms with Gasteiger partial charge in [-0.25, -0.2) is 4.39 Å². The minimum atomic E-state index is -0.597. The van der Waals surface area contributed by atoms with Crippen LogP contribution in [0.2, 0.25) is 0 Å². The van der Waals surface area contributed by atoms with Gasteiger partial charge >= 0.3 is 0 Å². The second-order valence-electron chi connectivity index (χ2n) is 3.52. The minimum absolute atomic E-state index is 0.106. The Morgan fingerprint density at radius 1 is 1.22 bits per heavy atom. The molecule has 0 fully saturated rings. The average molecular weight is 354 g/mol. The van der Waals surface area contributed by atoms with Crippen LogP contribution in [0.15, 0.2) is 36.4 Å². The molecule has 0 spiro atoms. The van der Waals surface area contributed by atoms with Crippen molar-refractivity contribution in [1.82, 2.24) is 0 Å². The summed E-state index contributed by atoms with van der Waals surface area (Å²) in [7, 11) is 0. The normalized spacial score (nSPS) is 9.83. The lowest BCUT2D eigenvalue weighted by atomic mass is 10.2. The molecule has 0 saturated carbocycles. The van der Waals surface area contributed by atoms with Crippen molar-refractivity contribution in [2.75, 3.05) is 5.73 Å². The van der Waals surface area contributed by atoms with Crippen LogP contribution in [0.25, 0.3) is 0 Å². The Kier molecular flexibility index (Phi) is 3.67. The van der Waals surface area contributed by atoms with Crippen molar-refractivity contribution in [2.24, 2.45) is 0 Å². The number of nitriles is 1. The summed E-state index contributed by atoms with van der Waals surface area (Å²) in [6, 6.07) is 11.2. The topological polar surface area (TPSA) is 59.0 Å². The summed E-state index contributed by atoms with van der Waals surface area (Å²) < 4.78 is 19.7. The molecule has 0 aliphatic rings. The van der Waals surface area contributed by atoms with E-state index in [2.05, 4.69) is 22.6 Å². The molecule has 2 aromatic rings. The number of rotatable bonds is 2. The molecule has 0 aliphatic carbocycles. The number of hydrogen-bond acceptors (Lipinski definition) is 3. The van der Waals surface area contributed by atoms with Gasteiger partial charge in [0.05, 0.1) is 3.57 Å². The molecule has 5 heteroatoms. The quantitative estimate of drug-likeness (QED) is 0.661. The van der Waals surface area contributed by atoms with Crippen molar-refractivity contribution >= 4 is 28.3 Å². The molecule has 2 rings (SSSR count). The van der Waals surface area contributed by atoms with Gasteiger partial charge < -0.3 is 10.5 Å². The Labute approximate surface area is 117 Å². The van der Waals surface area contributed by atoms with Gasteiger partial charge in [0, 0.05) is 5.69 Å². The van der Waals surface area contributed by atoms with Crippen molar-refractivity contribution in [2.45, 2.75) is 0 Å². The molecule has 2 N–H and O–H groups in total. The first-order chi connectivity index (χ1) is 8.61. The summed E-state index contributed by atoms with van der Waals surface area (Å²) in [6.45, 7) is 0. The fourth-order valence-electron chi connectivity index (χ4n) is 1.42. The van der Waals surface area contributed by atoms with Crippen LogP contribution in [0.5, 0.6) is 11.5 Å². The number of halogens is 2. The van der Waals surface area contributed by atoms with E-state index in [4.69, 9.17) is 15.7 Å². The van der Waals surface area contributed by atoms with Crippen molar-refractivity contribution in [1.29, 1.82) is 5.26 Å². The van der Waals surface area contributed by atoms with Crippen LogP contribution >= 0.6 is 22.6 Å². The van der Waals surface area contributed by atoms with E-state index in [1.807, 2.05) is 0 Å². The Morgan fingerprint density at radius 3 is 2.67 bits per heavy atom. The Bertz CT molecular complexity index is 637. The van der Waals surface area contributed by atoms with Gasteiger partial charge in [0.2, 0.25) is 0 Å². The highest BCUT2D eigenvalue weighted by atomic mass is 127. The summed E-state index contributed by atoms with van der Waals surface area (Å²) in [4.78, 5) is 0. The lowest BCUT2D eigenvalue weighted by Crippen LogP contribution is -1.94. The Morgan fingerprint density at radius 2 is 2.00 bits per heavy atom. The standard InChI is InChI=1S/C13H8FIN2O/c14-10-2-1-3-12(9(10)7-16)18-13-5-4-8(17)6-11(13)15/h1-6H,17H2. The first kappa shape index (κ1) is 12.6. The second-order valence-corrected chi connectivity index (χ2v) is 4.68. The monoisotopic (exact) mass is 354 g/mol. The lowest BCUT2D eigenvalue weighted by molar-refractivity contribution is 0.471. The number of benzene rings is 2. The predicted molar refractivity (Wildman–Crippen MR) is 74.8 cm³/mol. The van der Waals surface area contributed by atoms with Gasteiger partial charge in [-0.05, 0) is 52.9 Å². The molecule has 0 unspecified atom stereocenters. The maximum atomic E-state index is 13.4. The molecule has 0 bridgehead atoms. The highest BCUT2D eigenvalue weighted by Gasteiger charge is 2.11. The van der Waals surface area contributed by atoms with Crippen LogP contribution in [0.4, 0.5) is 10.1 Å². The largest absolute Gasteiger partial charge is 0.455 e. The maximum Gasteiger partial charge on any atom is 0.148 e. The molecule has 0 atom stereocenters. The van der Waals surface area contributed by atoms with Crippen LogP contribution in [0.3, 0.4) is 0 Å². The Hall–Kier alpha value is -1.81. The molecule has 3 nitrogen and oxygen atoms in total. The second kappa shape index (κ2) is 5.23. The number of nitrogens with zero attached hydrogens (tertiary/aromatic N) is 1. The zero-order valence-corrected chi connectivity index (χ0v) is 11.3. The van der Waals surface area contributed by atoms with Gasteiger partial charge in [-0.2, -0.15) is 5.26 Å². The number of nitrogens with two attached hydrogens (primary N) is 1. The van der Waals surface area contributed by atoms with Gasteiger partial charge in [-0.1, -0.05) is 6.07 Å². The van der Waals surface area contributed by atoms with Crippen LogP contribution in [-0.2, 0) is 0 Å². The van der Waals surface area contributed by atoms with E-state index in [1.54, 1.807) is 30.3 Å². The first-order valence-corrected chi connectivity index (χ1v) is 6.11. The molecule has 0 aliphatic heterocycles. The van der Waals surface area contributed by atoms with Crippen molar-refractivity contribution in [3.63, 3.8) is 0 Å². The summed E-state index contributed by atoms with van der Waals surface area (Å²) in [5.41, 5.74) is 6.14. The number of nitrogen functional groups attached to an aromatic ring is 1. The molecular weight excluding hydrogens is 346 g/mol. The fraction of sp³-hybridized carbons (Fsp3) is 0. The van der Waals surface area contributed by atoms with Crippen molar-refractivity contribution in [3.8, 4) is 17.6 Å². The van der Waals surface area contributed by atoms with Crippen LogP contribution < -0.4 is 10.5 Å². The van der Waals surface area contributed by atoms with E-state index in [0.717, 1.165) is 3.57 Å². The van der Waals surface area contributed by atoms with E-state index < -0.39 is 5.82 Å². The average Bonchev–Trinajstić information content (AvgIpc) is 2.33. The zero-order valence-electron chi connectivity index (χ0n) is 9.15. The molecular formula is C13H8FIN2O. The minimum Gasteiger partial charge on any atom is -0.455 e. The summed E-state index contributed by atoms with van der Waals surface area (Å²) in [5, 5.41) is 8.90. The summed E-state index contributed by atoms with van der Waals surface area (Å²) in [6.07, 6.45) is 0. The van der Waals surface area contributed by atoms with Gasteiger partial charge in [-0.3, -0.25) is 0 Å². The number of ether oxygens (including phenoxy) is 1. The zero-order chi connectivity index (χ0) is 13.1. The number of hydrogen-bond donors (Lipinski definition) is 1. The van der Waals surface area contributed by atoms with Gasteiger partial charge in [0.25, 0.3) is 0 Å². The third kappa shape index (κ3) is 2.54. The van der Waals surface area contributed by atoms with E-state index in [0.29, 0.717) is 11.4 Å². The van der Waals surface area contributed by atoms with Crippen molar-refractivity contribution in [3.05, 3.63) is 51.3 Å². The number of anilines is 1. The smallest absolute Gasteiger partial charge is 0.148 e. The Balaban J connectivity index is 2.41. The van der Waals surface area contributed by atoms with E-state index in [-0.39, 0.29) is 11.3 Å². The molecule has 18 heavy (non-hydrogen) atoms. The summed E-state index contributed by atoms with van der Waals surface area (Å²) in [5.74, 6) is 0.132. The van der Waals surface area contributed by atoms with Crippen LogP contribution in [-0.4, -0.2) is 0 Å². The molecule has 0 amide bonds. The van der Waals surface area contributed by atoms with Gasteiger partial charge in [-0.15, -0.1) is 0 Å².